The zero-order valence-corrected chi connectivity index (χ0v) is 19.7. The van der Waals surface area contributed by atoms with Gasteiger partial charge in [0.15, 0.2) is 0 Å². The average molecular weight is 483 g/mol. The van der Waals surface area contributed by atoms with E-state index in [1.807, 2.05) is 13.8 Å². The lowest BCUT2D eigenvalue weighted by Crippen LogP contribution is -2.59. The van der Waals surface area contributed by atoms with Crippen LogP contribution in [0, 0.1) is 11.8 Å². The molecule has 0 bridgehead atoms. The van der Waals surface area contributed by atoms with E-state index in [1.165, 1.54) is 12.5 Å². The molecule has 0 aliphatic rings. The Bertz CT molecular complexity index is 856. The van der Waals surface area contributed by atoms with E-state index in [1.54, 1.807) is 13.8 Å². The molecular weight excluding hydrogens is 448 g/mol. The number of hydrogen-bond donors (Lipinski definition) is 7. The SMILES string of the molecule is CC(C)CC(NC(=O)C(Cc1cnc[nH]1)NC(=O)C(NC(=O)C(N)CC(=O)O)C(C)C)C(=O)O. The van der Waals surface area contributed by atoms with E-state index in [0.717, 1.165) is 0 Å². The standard InChI is InChI=1S/C21H34N6O7/c1-10(2)5-15(21(33)34)26-19(31)14(6-12-8-23-9-24-12)25-20(32)17(11(3)4)27-18(30)13(22)7-16(28)29/h8-11,13-15,17H,5-7,22H2,1-4H3,(H,23,24)(H,25,32)(H,26,31)(H,27,30)(H,28,29)(H,33,34). The molecule has 4 unspecified atom stereocenters. The third kappa shape index (κ3) is 9.57. The minimum absolute atomic E-state index is 0.00223. The summed E-state index contributed by atoms with van der Waals surface area (Å²) in [5.74, 6) is -5.14. The van der Waals surface area contributed by atoms with Crippen LogP contribution in [0.1, 0.15) is 46.2 Å². The lowest BCUT2D eigenvalue weighted by atomic mass is 10.0. The molecule has 0 fully saturated rings. The van der Waals surface area contributed by atoms with Crippen molar-refractivity contribution in [2.75, 3.05) is 0 Å². The highest BCUT2D eigenvalue weighted by Gasteiger charge is 2.32. The molecule has 1 aromatic heterocycles. The molecule has 0 spiro atoms. The summed E-state index contributed by atoms with van der Waals surface area (Å²) in [5, 5.41) is 25.7. The van der Waals surface area contributed by atoms with Crippen molar-refractivity contribution in [1.82, 2.24) is 25.9 Å². The Kier molecular flexibility index (Phi) is 11.2. The summed E-state index contributed by atoms with van der Waals surface area (Å²) in [4.78, 5) is 67.3. The molecule has 0 saturated heterocycles. The van der Waals surface area contributed by atoms with Crippen LogP contribution in [0.3, 0.4) is 0 Å². The molecule has 1 aromatic rings. The lowest BCUT2D eigenvalue weighted by Gasteiger charge is -2.27. The number of hydrogen-bond acceptors (Lipinski definition) is 7. The maximum atomic E-state index is 13.0. The number of nitrogens with zero attached hydrogens (tertiary/aromatic N) is 1. The Labute approximate surface area is 197 Å². The topological polar surface area (TPSA) is 217 Å². The van der Waals surface area contributed by atoms with Crippen molar-refractivity contribution in [1.29, 1.82) is 0 Å². The molecule has 3 amide bonds. The summed E-state index contributed by atoms with van der Waals surface area (Å²) in [6.07, 6.45) is 2.42. The fraction of sp³-hybridized carbons (Fsp3) is 0.619. The van der Waals surface area contributed by atoms with Gasteiger partial charge in [0.05, 0.1) is 18.8 Å². The van der Waals surface area contributed by atoms with Gasteiger partial charge < -0.3 is 36.9 Å². The first-order valence-corrected chi connectivity index (χ1v) is 10.9. The smallest absolute Gasteiger partial charge is 0.326 e. The van der Waals surface area contributed by atoms with Crippen LogP contribution >= 0.6 is 0 Å². The summed E-state index contributed by atoms with van der Waals surface area (Å²) in [6.45, 7) is 6.94. The van der Waals surface area contributed by atoms with E-state index in [2.05, 4.69) is 25.9 Å². The normalized spacial score (nSPS) is 14.7. The second kappa shape index (κ2) is 13.3. The second-order valence-corrected chi connectivity index (χ2v) is 8.81. The number of amides is 3. The van der Waals surface area contributed by atoms with Gasteiger partial charge in [0.25, 0.3) is 0 Å². The van der Waals surface area contributed by atoms with E-state index in [9.17, 15) is 29.1 Å². The summed E-state index contributed by atoms with van der Waals surface area (Å²) >= 11 is 0. The number of H-pyrrole nitrogens is 1. The van der Waals surface area contributed by atoms with Crippen molar-refractivity contribution in [2.45, 2.75) is 71.1 Å². The molecule has 190 valence electrons. The highest BCUT2D eigenvalue weighted by molar-refractivity contribution is 5.95. The van der Waals surface area contributed by atoms with Crippen molar-refractivity contribution in [3.05, 3.63) is 18.2 Å². The minimum Gasteiger partial charge on any atom is -0.481 e. The first kappa shape index (κ1) is 28.6. The predicted octanol–water partition coefficient (Wildman–Crippen LogP) is -1.00. The van der Waals surface area contributed by atoms with Crippen molar-refractivity contribution >= 4 is 29.7 Å². The van der Waals surface area contributed by atoms with Gasteiger partial charge in [-0.05, 0) is 18.3 Å². The minimum atomic E-state index is -1.36. The monoisotopic (exact) mass is 482 g/mol. The van der Waals surface area contributed by atoms with E-state index in [0.29, 0.717) is 5.69 Å². The third-order valence-electron chi connectivity index (χ3n) is 4.91. The molecule has 0 aliphatic carbocycles. The fourth-order valence-corrected chi connectivity index (χ4v) is 3.13. The molecule has 1 heterocycles. The van der Waals surface area contributed by atoms with Crippen LogP contribution in [-0.4, -0.2) is 74.0 Å². The van der Waals surface area contributed by atoms with Crippen LogP contribution in [0.2, 0.25) is 0 Å². The number of nitrogens with one attached hydrogen (secondary N) is 4. The zero-order chi connectivity index (χ0) is 26.0. The number of aromatic nitrogens is 2. The van der Waals surface area contributed by atoms with E-state index in [4.69, 9.17) is 10.8 Å². The molecule has 0 aliphatic heterocycles. The van der Waals surface area contributed by atoms with Gasteiger partial charge in [-0.3, -0.25) is 19.2 Å². The third-order valence-corrected chi connectivity index (χ3v) is 4.91. The maximum Gasteiger partial charge on any atom is 0.326 e. The van der Waals surface area contributed by atoms with Gasteiger partial charge in [-0.15, -0.1) is 0 Å². The summed E-state index contributed by atoms with van der Waals surface area (Å²) in [6, 6.07) is -4.80. The molecule has 0 radical (unpaired) electrons. The quantitative estimate of drug-likeness (QED) is 0.173. The van der Waals surface area contributed by atoms with Crippen LogP contribution in [0.4, 0.5) is 0 Å². The van der Waals surface area contributed by atoms with Gasteiger partial charge in [-0.2, -0.15) is 0 Å². The number of carbonyl (C=O) groups is 5. The highest BCUT2D eigenvalue weighted by atomic mass is 16.4. The fourth-order valence-electron chi connectivity index (χ4n) is 3.13. The van der Waals surface area contributed by atoms with Crippen LogP contribution in [0.15, 0.2) is 12.5 Å². The molecule has 13 heteroatoms. The summed E-state index contributed by atoms with van der Waals surface area (Å²) in [7, 11) is 0. The zero-order valence-electron chi connectivity index (χ0n) is 19.7. The van der Waals surface area contributed by atoms with Gasteiger partial charge in [0.2, 0.25) is 17.7 Å². The number of imidazole rings is 1. The first-order chi connectivity index (χ1) is 15.8. The van der Waals surface area contributed by atoms with Crippen molar-refractivity contribution in [3.8, 4) is 0 Å². The predicted molar refractivity (Wildman–Crippen MR) is 120 cm³/mol. The number of carbonyl (C=O) groups excluding carboxylic acids is 3. The number of aliphatic carboxylic acids is 2. The Hall–Kier alpha value is -3.48. The molecule has 1 rings (SSSR count). The number of carboxylic acids is 2. The highest BCUT2D eigenvalue weighted by Crippen LogP contribution is 2.08. The lowest BCUT2D eigenvalue weighted by molar-refractivity contribution is -0.142. The van der Waals surface area contributed by atoms with E-state index >= 15 is 0 Å². The molecule has 0 saturated carbocycles. The summed E-state index contributed by atoms with van der Waals surface area (Å²) in [5.41, 5.74) is 6.09. The van der Waals surface area contributed by atoms with Crippen molar-refractivity contribution in [2.24, 2.45) is 17.6 Å². The van der Waals surface area contributed by atoms with Crippen LogP contribution in [-0.2, 0) is 30.4 Å². The molecule has 0 aromatic carbocycles. The summed E-state index contributed by atoms with van der Waals surface area (Å²) < 4.78 is 0. The van der Waals surface area contributed by atoms with E-state index in [-0.39, 0.29) is 18.8 Å². The Morgan fingerprint density at radius 2 is 1.59 bits per heavy atom. The maximum absolute atomic E-state index is 13.0. The first-order valence-electron chi connectivity index (χ1n) is 10.9. The number of nitrogens with two attached hydrogens (primary N) is 1. The molecule has 8 N–H and O–H groups in total. The Morgan fingerprint density at radius 3 is 2.06 bits per heavy atom. The van der Waals surface area contributed by atoms with Gasteiger partial charge in [-0.25, -0.2) is 9.78 Å². The molecule has 4 atom stereocenters. The van der Waals surface area contributed by atoms with Gasteiger partial charge in [0, 0.05) is 18.3 Å². The van der Waals surface area contributed by atoms with Crippen molar-refractivity contribution in [3.63, 3.8) is 0 Å². The van der Waals surface area contributed by atoms with Crippen molar-refractivity contribution < 1.29 is 34.2 Å². The largest absolute Gasteiger partial charge is 0.481 e. The number of aromatic amines is 1. The van der Waals surface area contributed by atoms with Gasteiger partial charge in [-0.1, -0.05) is 27.7 Å². The Morgan fingerprint density at radius 1 is 0.971 bits per heavy atom. The van der Waals surface area contributed by atoms with Crippen LogP contribution in [0.5, 0.6) is 0 Å². The van der Waals surface area contributed by atoms with Gasteiger partial charge >= 0.3 is 11.9 Å². The Balaban J connectivity index is 3.03. The van der Waals surface area contributed by atoms with Gasteiger partial charge in [0.1, 0.15) is 18.1 Å². The molecular formula is C21H34N6O7. The second-order valence-electron chi connectivity index (χ2n) is 8.81. The molecule has 13 nitrogen and oxygen atoms in total. The van der Waals surface area contributed by atoms with Crippen LogP contribution in [0.25, 0.3) is 0 Å². The van der Waals surface area contributed by atoms with Crippen LogP contribution < -0.4 is 21.7 Å². The number of rotatable bonds is 14. The number of carboxylic acid groups (broad SMARTS) is 2. The van der Waals surface area contributed by atoms with E-state index < -0.39 is 66.2 Å². The molecule has 34 heavy (non-hydrogen) atoms. The average Bonchev–Trinajstić information content (AvgIpc) is 3.22.